The summed E-state index contributed by atoms with van der Waals surface area (Å²) < 4.78 is 15.0. The Morgan fingerprint density at radius 2 is 1.82 bits per heavy atom. The van der Waals surface area contributed by atoms with Gasteiger partial charge in [0.05, 0.1) is 6.54 Å². The minimum Gasteiger partial charge on any atom is -0.352 e. The summed E-state index contributed by atoms with van der Waals surface area (Å²) in [5.41, 5.74) is 3.44. The fraction of sp³-hybridized carbons (Fsp3) is 0.238. The lowest BCUT2D eigenvalue weighted by atomic mass is 10.1. The van der Waals surface area contributed by atoms with Crippen molar-refractivity contribution in [1.82, 2.24) is 20.0 Å². The Bertz CT molecular complexity index is 878. The van der Waals surface area contributed by atoms with Crippen LogP contribution < -0.4 is 5.32 Å². The van der Waals surface area contributed by atoms with Crippen molar-refractivity contribution in [3.63, 3.8) is 0 Å². The second kappa shape index (κ2) is 10.8. The van der Waals surface area contributed by atoms with Crippen LogP contribution in [-0.4, -0.2) is 34.7 Å². The number of aliphatic imine (C=N–C) groups is 1. The molecule has 0 amide bonds. The highest BCUT2D eigenvalue weighted by Crippen LogP contribution is 2.11. The second-order valence-electron chi connectivity index (χ2n) is 6.36. The van der Waals surface area contributed by atoms with Crippen LogP contribution in [0.3, 0.4) is 0 Å². The normalized spacial score (nSPS) is 11.0. The zero-order valence-electron chi connectivity index (χ0n) is 16.0. The second-order valence-corrected chi connectivity index (χ2v) is 6.36. The molecule has 0 saturated carbocycles. The van der Waals surface area contributed by atoms with Crippen LogP contribution in [0.5, 0.6) is 0 Å². The summed E-state index contributed by atoms with van der Waals surface area (Å²) in [6.45, 7) is 2.04. The minimum atomic E-state index is -0.224. The molecule has 0 aliphatic carbocycles. The molecule has 1 aromatic heterocycles. The van der Waals surface area contributed by atoms with Crippen LogP contribution in [0.2, 0.25) is 0 Å². The molecule has 3 aromatic rings. The molecular formula is C21H25FIN5. The molecule has 0 radical (unpaired) electrons. The van der Waals surface area contributed by atoms with E-state index in [4.69, 9.17) is 0 Å². The first-order valence-corrected chi connectivity index (χ1v) is 8.86. The van der Waals surface area contributed by atoms with Crippen LogP contribution in [0.1, 0.15) is 16.7 Å². The van der Waals surface area contributed by atoms with Crippen LogP contribution >= 0.6 is 24.0 Å². The molecule has 0 saturated heterocycles. The first kappa shape index (κ1) is 21.9. The van der Waals surface area contributed by atoms with E-state index in [1.54, 1.807) is 25.4 Å². The van der Waals surface area contributed by atoms with Gasteiger partial charge in [-0.05, 0) is 34.9 Å². The zero-order valence-corrected chi connectivity index (χ0v) is 18.4. The molecule has 0 atom stereocenters. The van der Waals surface area contributed by atoms with Crippen molar-refractivity contribution < 1.29 is 4.39 Å². The van der Waals surface area contributed by atoms with Gasteiger partial charge in [0.2, 0.25) is 0 Å². The average molecular weight is 493 g/mol. The Balaban J connectivity index is 0.00000280. The summed E-state index contributed by atoms with van der Waals surface area (Å²) in [6.07, 6.45) is 3.74. The van der Waals surface area contributed by atoms with Gasteiger partial charge in [-0.2, -0.15) is 5.10 Å². The van der Waals surface area contributed by atoms with E-state index >= 15 is 0 Å². The molecule has 148 valence electrons. The third-order valence-electron chi connectivity index (χ3n) is 4.35. The highest BCUT2D eigenvalue weighted by atomic mass is 127. The predicted molar refractivity (Wildman–Crippen MR) is 121 cm³/mol. The van der Waals surface area contributed by atoms with Crippen molar-refractivity contribution >= 4 is 29.9 Å². The van der Waals surface area contributed by atoms with Crippen molar-refractivity contribution in [2.45, 2.75) is 19.6 Å². The molecule has 0 aliphatic heterocycles. The number of halogens is 2. The van der Waals surface area contributed by atoms with Gasteiger partial charge < -0.3 is 10.2 Å². The van der Waals surface area contributed by atoms with E-state index in [2.05, 4.69) is 27.5 Å². The standard InChI is InChI=1S/C21H24FN5.HI/c1-23-21(26(2)15-17-8-10-20(22)11-9-17)24-14-18-6-3-4-7-19(18)16-27-13-5-12-25-27;/h3-13H,14-16H2,1-2H3,(H,23,24);1H. The van der Waals surface area contributed by atoms with Crippen molar-refractivity contribution in [2.24, 2.45) is 4.99 Å². The fourth-order valence-electron chi connectivity index (χ4n) is 2.95. The average Bonchev–Trinajstić information content (AvgIpc) is 3.18. The van der Waals surface area contributed by atoms with Gasteiger partial charge in [-0.1, -0.05) is 36.4 Å². The summed E-state index contributed by atoms with van der Waals surface area (Å²) in [5, 5.41) is 7.69. The highest BCUT2D eigenvalue weighted by Gasteiger charge is 2.09. The summed E-state index contributed by atoms with van der Waals surface area (Å²) in [6, 6.07) is 16.8. The molecule has 28 heavy (non-hydrogen) atoms. The van der Waals surface area contributed by atoms with Gasteiger partial charge in [-0.25, -0.2) is 4.39 Å². The van der Waals surface area contributed by atoms with Crippen molar-refractivity contribution in [2.75, 3.05) is 14.1 Å². The van der Waals surface area contributed by atoms with Gasteiger partial charge >= 0.3 is 0 Å². The van der Waals surface area contributed by atoms with E-state index in [1.165, 1.54) is 23.3 Å². The molecule has 3 rings (SSSR count). The van der Waals surface area contributed by atoms with Crippen molar-refractivity contribution in [3.05, 3.63) is 89.5 Å². The topological polar surface area (TPSA) is 45.5 Å². The largest absolute Gasteiger partial charge is 0.352 e. The van der Waals surface area contributed by atoms with E-state index in [1.807, 2.05) is 41.0 Å². The molecule has 2 aromatic carbocycles. The first-order valence-electron chi connectivity index (χ1n) is 8.86. The number of aromatic nitrogens is 2. The zero-order chi connectivity index (χ0) is 19.1. The van der Waals surface area contributed by atoms with Crippen molar-refractivity contribution in [1.29, 1.82) is 0 Å². The van der Waals surface area contributed by atoms with E-state index in [0.29, 0.717) is 13.1 Å². The SMILES string of the molecule is CN=C(NCc1ccccc1Cn1cccn1)N(C)Cc1ccc(F)cc1.I. The number of nitrogens with zero attached hydrogens (tertiary/aromatic N) is 4. The molecule has 0 unspecified atom stereocenters. The lowest BCUT2D eigenvalue weighted by Gasteiger charge is -2.23. The maximum absolute atomic E-state index is 13.1. The van der Waals surface area contributed by atoms with Crippen LogP contribution in [0.15, 0.2) is 72.0 Å². The van der Waals surface area contributed by atoms with E-state index < -0.39 is 0 Å². The van der Waals surface area contributed by atoms with Gasteiger partial charge in [0.25, 0.3) is 0 Å². The monoisotopic (exact) mass is 493 g/mol. The van der Waals surface area contributed by atoms with Crippen molar-refractivity contribution in [3.8, 4) is 0 Å². The van der Waals surface area contributed by atoms with E-state index in [-0.39, 0.29) is 29.8 Å². The Labute approximate surface area is 182 Å². The van der Waals surface area contributed by atoms with Gasteiger partial charge in [-0.15, -0.1) is 24.0 Å². The summed E-state index contributed by atoms with van der Waals surface area (Å²) in [5.74, 6) is 0.561. The Morgan fingerprint density at radius 1 is 1.11 bits per heavy atom. The van der Waals surface area contributed by atoms with Gasteiger partial charge in [0.1, 0.15) is 5.82 Å². The fourth-order valence-corrected chi connectivity index (χ4v) is 2.95. The maximum atomic E-state index is 13.1. The number of hydrogen-bond acceptors (Lipinski definition) is 2. The van der Waals surface area contributed by atoms with Crippen LogP contribution in [0.4, 0.5) is 4.39 Å². The quantitative estimate of drug-likeness (QED) is 0.322. The number of hydrogen-bond donors (Lipinski definition) is 1. The smallest absolute Gasteiger partial charge is 0.193 e. The molecule has 0 aliphatic rings. The summed E-state index contributed by atoms with van der Waals surface area (Å²) in [7, 11) is 3.73. The number of nitrogens with one attached hydrogen (secondary N) is 1. The highest BCUT2D eigenvalue weighted by molar-refractivity contribution is 14.0. The third-order valence-corrected chi connectivity index (χ3v) is 4.35. The lowest BCUT2D eigenvalue weighted by Crippen LogP contribution is -2.38. The molecule has 0 fully saturated rings. The molecule has 5 nitrogen and oxygen atoms in total. The minimum absolute atomic E-state index is 0. The third kappa shape index (κ3) is 6.05. The Kier molecular flexibility index (Phi) is 8.43. The van der Waals surface area contributed by atoms with E-state index in [9.17, 15) is 4.39 Å². The molecule has 1 N–H and O–H groups in total. The van der Waals surface area contributed by atoms with E-state index in [0.717, 1.165) is 18.1 Å². The lowest BCUT2D eigenvalue weighted by molar-refractivity contribution is 0.475. The first-order chi connectivity index (χ1) is 13.2. The Morgan fingerprint density at radius 3 is 2.46 bits per heavy atom. The molecule has 0 bridgehead atoms. The van der Waals surface area contributed by atoms with Crippen LogP contribution in [0.25, 0.3) is 0 Å². The number of benzene rings is 2. The van der Waals surface area contributed by atoms with Crippen LogP contribution in [0, 0.1) is 5.82 Å². The predicted octanol–water partition coefficient (Wildman–Crippen LogP) is 3.90. The van der Waals surface area contributed by atoms with Gasteiger partial charge in [-0.3, -0.25) is 9.67 Å². The Hall–Kier alpha value is -2.42. The summed E-state index contributed by atoms with van der Waals surface area (Å²) >= 11 is 0. The van der Waals surface area contributed by atoms with Gasteiger partial charge in [0, 0.05) is 39.6 Å². The number of guanidine groups is 1. The van der Waals surface area contributed by atoms with Crippen LogP contribution in [-0.2, 0) is 19.6 Å². The van der Waals surface area contributed by atoms with Gasteiger partial charge in [0.15, 0.2) is 5.96 Å². The maximum Gasteiger partial charge on any atom is 0.193 e. The molecule has 0 spiro atoms. The molecule has 1 heterocycles. The molecular weight excluding hydrogens is 468 g/mol. The number of rotatable bonds is 6. The molecule has 7 heteroatoms. The summed E-state index contributed by atoms with van der Waals surface area (Å²) in [4.78, 5) is 6.38.